The smallest absolute Gasteiger partial charge is 0.160 e. The van der Waals surface area contributed by atoms with Gasteiger partial charge in [0.1, 0.15) is 22.7 Å². The Morgan fingerprint density at radius 1 is 0.500 bits per heavy atom. The van der Waals surface area contributed by atoms with Crippen LogP contribution in [0.15, 0.2) is 144 Å². The van der Waals surface area contributed by atoms with E-state index in [1.165, 1.54) is 0 Å². The normalized spacial score (nSPS) is 11.5. The van der Waals surface area contributed by atoms with Crippen LogP contribution in [0.25, 0.3) is 83.3 Å². The second-order valence-corrected chi connectivity index (χ2v) is 11.8. The molecule has 6 aromatic carbocycles. The zero-order valence-corrected chi connectivity index (χ0v) is 26.3. The highest BCUT2D eigenvalue weighted by molar-refractivity contribution is 6.14. The van der Waals surface area contributed by atoms with E-state index in [1.807, 2.05) is 72.8 Å². The molecular formula is C42H29N3O3. The Morgan fingerprint density at radius 3 is 1.77 bits per heavy atom. The van der Waals surface area contributed by atoms with Crippen molar-refractivity contribution in [2.75, 3.05) is 14.2 Å². The number of hydrogen-bond donors (Lipinski definition) is 0. The predicted octanol–water partition coefficient (Wildman–Crippen LogP) is 10.5. The van der Waals surface area contributed by atoms with Crippen LogP contribution in [0.5, 0.6) is 11.5 Å². The van der Waals surface area contributed by atoms with Gasteiger partial charge in [0, 0.05) is 32.8 Å². The molecule has 3 aromatic heterocycles. The van der Waals surface area contributed by atoms with Crippen molar-refractivity contribution >= 4 is 43.7 Å². The van der Waals surface area contributed by atoms with Crippen LogP contribution in [0.4, 0.5) is 0 Å². The summed E-state index contributed by atoms with van der Waals surface area (Å²) in [6.07, 6.45) is 0. The second kappa shape index (κ2) is 11.1. The van der Waals surface area contributed by atoms with Crippen molar-refractivity contribution < 1.29 is 13.9 Å². The molecule has 0 aliphatic heterocycles. The summed E-state index contributed by atoms with van der Waals surface area (Å²) in [7, 11) is 3.34. The van der Waals surface area contributed by atoms with Gasteiger partial charge < -0.3 is 18.5 Å². The molecule has 9 aromatic rings. The van der Waals surface area contributed by atoms with E-state index in [2.05, 4.69) is 71.3 Å². The van der Waals surface area contributed by atoms with E-state index in [0.29, 0.717) is 5.82 Å². The summed E-state index contributed by atoms with van der Waals surface area (Å²) in [6.45, 7) is 0. The minimum Gasteiger partial charge on any atom is -0.497 e. The molecule has 0 radical (unpaired) electrons. The van der Waals surface area contributed by atoms with Gasteiger partial charge in [-0.1, -0.05) is 42.5 Å². The molecule has 0 saturated heterocycles. The van der Waals surface area contributed by atoms with Crippen LogP contribution in [0, 0.1) is 0 Å². The molecule has 0 atom stereocenters. The number of methoxy groups -OCH3 is 2. The van der Waals surface area contributed by atoms with Crippen LogP contribution in [0.2, 0.25) is 0 Å². The van der Waals surface area contributed by atoms with Gasteiger partial charge in [-0.25, -0.2) is 9.97 Å². The molecule has 0 aliphatic rings. The molecule has 48 heavy (non-hydrogen) atoms. The van der Waals surface area contributed by atoms with Gasteiger partial charge in [0.2, 0.25) is 0 Å². The quantitative estimate of drug-likeness (QED) is 0.184. The summed E-state index contributed by atoms with van der Waals surface area (Å²) < 4.78 is 19.4. The molecule has 0 aliphatic carbocycles. The number of aromatic nitrogens is 3. The van der Waals surface area contributed by atoms with Gasteiger partial charge in [0.05, 0.1) is 47.7 Å². The fourth-order valence-electron chi connectivity index (χ4n) is 6.71. The first-order valence-electron chi connectivity index (χ1n) is 15.8. The standard InChI is InChI=1S/C42H29N3O3/c1-46-29-19-14-26(15-20-29)34-25-35(27-16-21-30(47-2)22-17-27)44-42(43-34)28-18-23-37-33(24-28)31-8-3-5-10-36(31)45(37)38-11-7-13-40-41(38)32-9-4-6-12-39(32)48-40/h3-25H,1-2H3. The average Bonchev–Trinajstić information content (AvgIpc) is 3.70. The summed E-state index contributed by atoms with van der Waals surface area (Å²) in [5.74, 6) is 2.24. The van der Waals surface area contributed by atoms with E-state index in [4.69, 9.17) is 23.9 Å². The van der Waals surface area contributed by atoms with E-state index >= 15 is 0 Å². The van der Waals surface area contributed by atoms with Crippen molar-refractivity contribution in [1.82, 2.24) is 14.5 Å². The number of ether oxygens (including phenoxy) is 2. The Labute approximate surface area is 276 Å². The van der Waals surface area contributed by atoms with Crippen LogP contribution in [-0.2, 0) is 0 Å². The van der Waals surface area contributed by atoms with Crippen molar-refractivity contribution in [3.63, 3.8) is 0 Å². The monoisotopic (exact) mass is 623 g/mol. The predicted molar refractivity (Wildman–Crippen MR) is 193 cm³/mol. The summed E-state index contributed by atoms with van der Waals surface area (Å²) in [4.78, 5) is 10.2. The minimum absolute atomic E-state index is 0.649. The van der Waals surface area contributed by atoms with Crippen LogP contribution in [-0.4, -0.2) is 28.8 Å². The number of fused-ring (bicyclic) bond motifs is 6. The molecule has 9 rings (SSSR count). The maximum Gasteiger partial charge on any atom is 0.160 e. The van der Waals surface area contributed by atoms with Crippen LogP contribution >= 0.6 is 0 Å². The Kier molecular flexibility index (Phi) is 6.47. The lowest BCUT2D eigenvalue weighted by Gasteiger charge is -2.11. The molecule has 3 heterocycles. The van der Waals surface area contributed by atoms with Gasteiger partial charge in [0.25, 0.3) is 0 Å². The average molecular weight is 624 g/mol. The molecule has 230 valence electrons. The number of para-hydroxylation sites is 2. The molecule has 0 saturated carbocycles. The maximum absolute atomic E-state index is 6.27. The highest BCUT2D eigenvalue weighted by Gasteiger charge is 2.19. The molecule has 0 N–H and O–H groups in total. The second-order valence-electron chi connectivity index (χ2n) is 11.8. The molecule has 6 heteroatoms. The van der Waals surface area contributed by atoms with Crippen LogP contribution in [0.1, 0.15) is 0 Å². The van der Waals surface area contributed by atoms with Gasteiger partial charge in [-0.15, -0.1) is 0 Å². The van der Waals surface area contributed by atoms with E-state index in [1.54, 1.807) is 14.2 Å². The Balaban J connectivity index is 1.26. The first kappa shape index (κ1) is 27.9. The molecule has 0 spiro atoms. The highest BCUT2D eigenvalue weighted by Crippen LogP contribution is 2.40. The summed E-state index contributed by atoms with van der Waals surface area (Å²) in [5.41, 5.74) is 9.59. The number of nitrogens with zero attached hydrogens (tertiary/aromatic N) is 3. The van der Waals surface area contributed by atoms with Gasteiger partial charge in [-0.2, -0.15) is 0 Å². The van der Waals surface area contributed by atoms with Crippen molar-refractivity contribution in [2.24, 2.45) is 0 Å². The third-order valence-corrected chi connectivity index (χ3v) is 9.05. The van der Waals surface area contributed by atoms with Crippen LogP contribution in [0.3, 0.4) is 0 Å². The first-order chi connectivity index (χ1) is 23.7. The lowest BCUT2D eigenvalue weighted by Crippen LogP contribution is -1.97. The van der Waals surface area contributed by atoms with Crippen molar-refractivity contribution in [2.45, 2.75) is 0 Å². The Morgan fingerprint density at radius 2 is 1.08 bits per heavy atom. The lowest BCUT2D eigenvalue weighted by atomic mass is 10.1. The molecule has 0 unspecified atom stereocenters. The molecule has 0 fully saturated rings. The zero-order valence-electron chi connectivity index (χ0n) is 26.3. The number of hydrogen-bond acceptors (Lipinski definition) is 5. The number of furan rings is 1. The van der Waals surface area contributed by atoms with Crippen molar-refractivity contribution in [3.8, 4) is 51.1 Å². The summed E-state index contributed by atoms with van der Waals surface area (Å²) >= 11 is 0. The van der Waals surface area contributed by atoms with Gasteiger partial charge in [-0.05, 0) is 97.1 Å². The third-order valence-electron chi connectivity index (χ3n) is 9.05. The maximum atomic E-state index is 6.27. The van der Waals surface area contributed by atoms with Crippen molar-refractivity contribution in [3.05, 3.63) is 140 Å². The largest absolute Gasteiger partial charge is 0.497 e. The third kappa shape index (κ3) is 4.49. The van der Waals surface area contributed by atoms with Gasteiger partial charge >= 0.3 is 0 Å². The van der Waals surface area contributed by atoms with E-state index in [9.17, 15) is 0 Å². The number of rotatable bonds is 6. The number of benzene rings is 6. The SMILES string of the molecule is COc1ccc(-c2cc(-c3ccc(OC)cc3)nc(-c3ccc4c(c3)c3ccccc3n4-c3cccc4oc5ccccc5c34)n2)cc1. The van der Waals surface area contributed by atoms with Gasteiger partial charge in [0.15, 0.2) is 5.82 Å². The fourth-order valence-corrected chi connectivity index (χ4v) is 6.71. The van der Waals surface area contributed by atoms with E-state index < -0.39 is 0 Å². The molecule has 6 nitrogen and oxygen atoms in total. The first-order valence-corrected chi connectivity index (χ1v) is 15.8. The topological polar surface area (TPSA) is 62.3 Å². The Hall–Kier alpha value is -6.40. The van der Waals surface area contributed by atoms with Gasteiger partial charge in [-0.3, -0.25) is 0 Å². The summed E-state index contributed by atoms with van der Waals surface area (Å²) in [6, 6.07) is 47.5. The summed E-state index contributed by atoms with van der Waals surface area (Å²) in [5, 5.41) is 4.47. The molecular weight excluding hydrogens is 594 g/mol. The Bertz CT molecular complexity index is 2570. The molecule has 0 bridgehead atoms. The van der Waals surface area contributed by atoms with Crippen LogP contribution < -0.4 is 9.47 Å². The fraction of sp³-hybridized carbons (Fsp3) is 0.0476. The highest BCUT2D eigenvalue weighted by atomic mass is 16.5. The van der Waals surface area contributed by atoms with E-state index in [-0.39, 0.29) is 0 Å². The molecule has 0 amide bonds. The van der Waals surface area contributed by atoms with E-state index in [0.717, 1.165) is 89.0 Å². The zero-order chi connectivity index (χ0) is 32.2. The minimum atomic E-state index is 0.649. The lowest BCUT2D eigenvalue weighted by molar-refractivity contribution is 0.415. The van der Waals surface area contributed by atoms with Crippen molar-refractivity contribution in [1.29, 1.82) is 0 Å².